The summed E-state index contributed by atoms with van der Waals surface area (Å²) in [6.45, 7) is 7.18. The summed E-state index contributed by atoms with van der Waals surface area (Å²) in [7, 11) is 0. The molecule has 0 heterocycles. The van der Waals surface area contributed by atoms with Crippen molar-refractivity contribution in [2.75, 3.05) is 12.5 Å². The van der Waals surface area contributed by atoms with E-state index < -0.39 is 6.10 Å². The van der Waals surface area contributed by atoms with E-state index in [1.165, 1.54) is 12.8 Å². The average Bonchev–Trinajstić information content (AvgIpc) is 2.25. The van der Waals surface area contributed by atoms with Crippen LogP contribution >= 0.6 is 11.6 Å². The molecule has 0 radical (unpaired) electrons. The molecule has 0 aliphatic heterocycles. The van der Waals surface area contributed by atoms with E-state index in [0.717, 1.165) is 12.3 Å². The van der Waals surface area contributed by atoms with Gasteiger partial charge in [0.1, 0.15) is 0 Å². The van der Waals surface area contributed by atoms with Gasteiger partial charge in [0.2, 0.25) is 0 Å². The molecular weight excluding hydrogens is 224 g/mol. The Morgan fingerprint density at radius 3 is 2.62 bits per heavy atom. The molecule has 1 fully saturated rings. The Balaban J connectivity index is 2.44. The van der Waals surface area contributed by atoms with Gasteiger partial charge in [-0.15, -0.1) is 11.6 Å². The van der Waals surface area contributed by atoms with Gasteiger partial charge in [-0.25, -0.2) is 0 Å². The molecule has 2 nitrogen and oxygen atoms in total. The molecule has 0 amide bonds. The molecule has 96 valence electrons. The Bertz CT molecular complexity index is 196. The molecule has 1 aliphatic rings. The lowest BCUT2D eigenvalue weighted by Gasteiger charge is -2.37. The van der Waals surface area contributed by atoms with Crippen LogP contribution in [-0.4, -0.2) is 29.8 Å². The molecule has 4 atom stereocenters. The first kappa shape index (κ1) is 14.3. The van der Waals surface area contributed by atoms with E-state index in [4.69, 9.17) is 16.3 Å². The van der Waals surface area contributed by atoms with Gasteiger partial charge >= 0.3 is 0 Å². The van der Waals surface area contributed by atoms with Crippen molar-refractivity contribution in [3.63, 3.8) is 0 Å². The fourth-order valence-electron chi connectivity index (χ4n) is 2.59. The molecule has 0 aromatic carbocycles. The smallest absolute Gasteiger partial charge is 0.0908 e. The minimum atomic E-state index is -0.522. The molecule has 16 heavy (non-hydrogen) atoms. The largest absolute Gasteiger partial charge is 0.389 e. The number of halogens is 1. The fraction of sp³-hybridized carbons (Fsp3) is 1.00. The lowest BCUT2D eigenvalue weighted by atomic mass is 9.75. The number of alkyl halides is 1. The summed E-state index contributed by atoms with van der Waals surface area (Å²) < 4.78 is 5.85. The Labute approximate surface area is 104 Å². The summed E-state index contributed by atoms with van der Waals surface area (Å²) in [6, 6.07) is 0. The molecule has 1 unspecified atom stereocenters. The van der Waals surface area contributed by atoms with E-state index in [1.807, 2.05) is 0 Å². The van der Waals surface area contributed by atoms with Crippen LogP contribution in [0.15, 0.2) is 0 Å². The second kappa shape index (κ2) is 6.83. The molecule has 0 spiro atoms. The van der Waals surface area contributed by atoms with Crippen LogP contribution in [0.2, 0.25) is 0 Å². The minimum absolute atomic E-state index is 0.259. The van der Waals surface area contributed by atoms with Crippen molar-refractivity contribution >= 4 is 11.6 Å². The first-order valence-electron chi connectivity index (χ1n) is 6.40. The van der Waals surface area contributed by atoms with Crippen LogP contribution in [0.5, 0.6) is 0 Å². The van der Waals surface area contributed by atoms with Crippen molar-refractivity contribution in [2.45, 2.75) is 52.2 Å². The van der Waals surface area contributed by atoms with E-state index in [2.05, 4.69) is 20.8 Å². The third-order valence-corrected chi connectivity index (χ3v) is 4.00. The third kappa shape index (κ3) is 4.23. The maximum Gasteiger partial charge on any atom is 0.0908 e. The van der Waals surface area contributed by atoms with Gasteiger partial charge in [0.05, 0.1) is 24.7 Å². The molecule has 0 bridgehead atoms. The molecule has 1 N–H and O–H groups in total. The van der Waals surface area contributed by atoms with Crippen molar-refractivity contribution in [3.8, 4) is 0 Å². The number of hydrogen-bond acceptors (Lipinski definition) is 2. The summed E-state index contributed by atoms with van der Waals surface area (Å²) in [5.41, 5.74) is 0. The average molecular weight is 249 g/mol. The Morgan fingerprint density at radius 2 is 2.06 bits per heavy atom. The van der Waals surface area contributed by atoms with Crippen molar-refractivity contribution in [1.29, 1.82) is 0 Å². The highest BCUT2D eigenvalue weighted by molar-refractivity contribution is 6.18. The van der Waals surface area contributed by atoms with E-state index in [0.29, 0.717) is 24.5 Å². The normalized spacial score (nSPS) is 33.0. The molecule has 3 heteroatoms. The summed E-state index contributed by atoms with van der Waals surface area (Å²) in [6.07, 6.45) is 3.47. The van der Waals surface area contributed by atoms with Gasteiger partial charge in [0.15, 0.2) is 0 Å². The SMILES string of the molecule is CC(C)[C@@H]1CC[C@@H](C)C[C@@H]1OCC(O)CCl. The van der Waals surface area contributed by atoms with Crippen molar-refractivity contribution < 1.29 is 9.84 Å². The highest BCUT2D eigenvalue weighted by Gasteiger charge is 2.31. The lowest BCUT2D eigenvalue weighted by molar-refractivity contribution is -0.0647. The molecule has 0 saturated heterocycles. The summed E-state index contributed by atoms with van der Waals surface area (Å²) in [5, 5.41) is 9.42. The Kier molecular flexibility index (Phi) is 6.09. The number of rotatable bonds is 5. The predicted molar refractivity (Wildman–Crippen MR) is 67.8 cm³/mol. The summed E-state index contributed by atoms with van der Waals surface area (Å²) in [5.74, 6) is 2.30. The molecular formula is C13H25ClO2. The zero-order chi connectivity index (χ0) is 12.1. The van der Waals surface area contributed by atoms with Crippen LogP contribution in [0.4, 0.5) is 0 Å². The van der Waals surface area contributed by atoms with E-state index in [9.17, 15) is 5.11 Å². The second-order valence-corrected chi connectivity index (χ2v) is 5.81. The lowest BCUT2D eigenvalue weighted by Crippen LogP contribution is -2.36. The maximum absolute atomic E-state index is 9.42. The van der Waals surface area contributed by atoms with Gasteiger partial charge in [-0.3, -0.25) is 0 Å². The highest BCUT2D eigenvalue weighted by Crippen LogP contribution is 2.35. The van der Waals surface area contributed by atoms with Crippen molar-refractivity contribution in [3.05, 3.63) is 0 Å². The molecule has 1 aliphatic carbocycles. The van der Waals surface area contributed by atoms with Gasteiger partial charge in [0.25, 0.3) is 0 Å². The zero-order valence-electron chi connectivity index (χ0n) is 10.7. The third-order valence-electron chi connectivity index (χ3n) is 3.64. The summed E-state index contributed by atoms with van der Waals surface area (Å²) >= 11 is 5.57. The van der Waals surface area contributed by atoms with Crippen LogP contribution < -0.4 is 0 Å². The van der Waals surface area contributed by atoms with Gasteiger partial charge in [-0.05, 0) is 30.6 Å². The van der Waals surface area contributed by atoms with Crippen LogP contribution in [0, 0.1) is 17.8 Å². The molecule has 0 aromatic heterocycles. The first-order valence-corrected chi connectivity index (χ1v) is 6.93. The van der Waals surface area contributed by atoms with Crippen LogP contribution in [-0.2, 0) is 4.74 Å². The van der Waals surface area contributed by atoms with Gasteiger partial charge in [-0.1, -0.05) is 27.2 Å². The summed E-state index contributed by atoms with van der Waals surface area (Å²) in [4.78, 5) is 0. The van der Waals surface area contributed by atoms with Gasteiger partial charge < -0.3 is 9.84 Å². The van der Waals surface area contributed by atoms with E-state index in [1.54, 1.807) is 0 Å². The minimum Gasteiger partial charge on any atom is -0.389 e. The molecule has 0 aromatic rings. The van der Waals surface area contributed by atoms with E-state index >= 15 is 0 Å². The predicted octanol–water partition coefficient (Wildman–Crippen LogP) is 3.06. The number of aliphatic hydroxyl groups is 1. The zero-order valence-corrected chi connectivity index (χ0v) is 11.4. The first-order chi connectivity index (χ1) is 7.54. The Morgan fingerprint density at radius 1 is 1.38 bits per heavy atom. The number of hydrogen-bond donors (Lipinski definition) is 1. The fourth-order valence-corrected chi connectivity index (χ4v) is 2.67. The quantitative estimate of drug-likeness (QED) is 0.758. The molecule has 1 saturated carbocycles. The van der Waals surface area contributed by atoms with Crippen molar-refractivity contribution in [2.24, 2.45) is 17.8 Å². The standard InChI is InChI=1S/C13H25ClO2/c1-9(2)12-5-4-10(3)6-13(12)16-8-11(15)7-14/h9-13,15H,4-8H2,1-3H3/t10-,11?,12+,13+/m1/s1. The van der Waals surface area contributed by atoms with Gasteiger partial charge in [0, 0.05) is 0 Å². The van der Waals surface area contributed by atoms with E-state index in [-0.39, 0.29) is 5.88 Å². The van der Waals surface area contributed by atoms with Crippen LogP contribution in [0.3, 0.4) is 0 Å². The van der Waals surface area contributed by atoms with Crippen LogP contribution in [0.1, 0.15) is 40.0 Å². The van der Waals surface area contributed by atoms with Crippen LogP contribution in [0.25, 0.3) is 0 Å². The van der Waals surface area contributed by atoms with Crippen molar-refractivity contribution in [1.82, 2.24) is 0 Å². The second-order valence-electron chi connectivity index (χ2n) is 5.51. The monoisotopic (exact) mass is 248 g/mol. The highest BCUT2D eigenvalue weighted by atomic mass is 35.5. The molecule has 1 rings (SSSR count). The van der Waals surface area contributed by atoms with Gasteiger partial charge in [-0.2, -0.15) is 0 Å². The Hall–Kier alpha value is 0.210. The number of ether oxygens (including phenoxy) is 1. The number of aliphatic hydroxyl groups excluding tert-OH is 1. The topological polar surface area (TPSA) is 29.5 Å². The maximum atomic E-state index is 9.42.